The van der Waals surface area contributed by atoms with Crippen LogP contribution in [0.1, 0.15) is 59.2 Å². The molecule has 4 nitrogen and oxygen atoms in total. The first-order valence-electron chi connectivity index (χ1n) is 8.99. The Kier molecular flexibility index (Phi) is 7.87. The Labute approximate surface area is 155 Å². The summed E-state index contributed by atoms with van der Waals surface area (Å²) in [4.78, 5) is 24.5. The average molecular weight is 354 g/mol. The van der Waals surface area contributed by atoms with Gasteiger partial charge in [-0.15, -0.1) is 0 Å². The minimum absolute atomic E-state index is 0.104. The molecule has 0 aliphatic carbocycles. The van der Waals surface area contributed by atoms with Crippen LogP contribution >= 0.6 is 0 Å². The molecule has 0 saturated carbocycles. The fourth-order valence-electron chi connectivity index (χ4n) is 2.94. The third-order valence-electron chi connectivity index (χ3n) is 4.37. The highest BCUT2D eigenvalue weighted by Gasteiger charge is 2.12. The van der Waals surface area contributed by atoms with E-state index in [9.17, 15) is 9.59 Å². The Morgan fingerprint density at radius 1 is 0.654 bits per heavy atom. The van der Waals surface area contributed by atoms with E-state index in [-0.39, 0.29) is 11.6 Å². The molecule has 0 bridgehead atoms. The second-order valence-electron chi connectivity index (χ2n) is 6.16. The van der Waals surface area contributed by atoms with E-state index in [2.05, 4.69) is 0 Å². The van der Waals surface area contributed by atoms with Crippen molar-refractivity contribution in [2.24, 2.45) is 0 Å². The quantitative estimate of drug-likeness (QED) is 0.416. The van der Waals surface area contributed by atoms with Crippen molar-refractivity contribution in [3.8, 4) is 11.5 Å². The maximum atomic E-state index is 12.3. The van der Waals surface area contributed by atoms with E-state index in [1.54, 1.807) is 38.5 Å². The molecular formula is C22H26O4. The van der Waals surface area contributed by atoms with E-state index < -0.39 is 0 Å². The fraction of sp³-hybridized carbons (Fsp3) is 0.364. The lowest BCUT2D eigenvalue weighted by molar-refractivity contribution is 0.0963. The third kappa shape index (κ3) is 5.45. The zero-order valence-electron chi connectivity index (χ0n) is 15.5. The van der Waals surface area contributed by atoms with Crippen LogP contribution in [-0.2, 0) is 0 Å². The molecule has 0 aliphatic heterocycles. The predicted molar refractivity (Wildman–Crippen MR) is 102 cm³/mol. The number of ketones is 2. The van der Waals surface area contributed by atoms with E-state index in [0.717, 1.165) is 25.7 Å². The predicted octanol–water partition coefficient (Wildman–Crippen LogP) is 5.11. The van der Waals surface area contributed by atoms with Gasteiger partial charge in [0.15, 0.2) is 11.6 Å². The minimum atomic E-state index is 0.104. The molecule has 0 atom stereocenters. The molecule has 0 radical (unpaired) electrons. The number of para-hydroxylation sites is 2. The Balaban J connectivity index is 1.69. The number of hydrogen-bond acceptors (Lipinski definition) is 4. The normalized spacial score (nSPS) is 10.4. The third-order valence-corrected chi connectivity index (χ3v) is 4.37. The molecule has 0 fully saturated rings. The monoisotopic (exact) mass is 354 g/mol. The highest BCUT2D eigenvalue weighted by Crippen LogP contribution is 2.22. The molecular weight excluding hydrogens is 328 g/mol. The van der Waals surface area contributed by atoms with Crippen LogP contribution < -0.4 is 9.47 Å². The molecule has 2 rings (SSSR count). The summed E-state index contributed by atoms with van der Waals surface area (Å²) >= 11 is 0. The Bertz CT molecular complexity index is 673. The number of rotatable bonds is 11. The summed E-state index contributed by atoms with van der Waals surface area (Å²) in [7, 11) is 3.15. The summed E-state index contributed by atoms with van der Waals surface area (Å²) in [6, 6.07) is 14.6. The van der Waals surface area contributed by atoms with E-state index in [1.165, 1.54) is 0 Å². The van der Waals surface area contributed by atoms with Crippen LogP contribution in [0.3, 0.4) is 0 Å². The van der Waals surface area contributed by atoms with Crippen LogP contribution in [0.2, 0.25) is 0 Å². The van der Waals surface area contributed by atoms with E-state index in [1.807, 2.05) is 24.3 Å². The van der Waals surface area contributed by atoms with Crippen molar-refractivity contribution in [2.45, 2.75) is 38.5 Å². The summed E-state index contributed by atoms with van der Waals surface area (Å²) < 4.78 is 10.5. The standard InChI is InChI=1S/C22H26O4/c1-25-21-15-9-7-11-17(21)19(23)13-5-3-4-6-14-20(24)18-12-8-10-16-22(18)26-2/h7-12,15-16H,3-6,13-14H2,1-2H3. The second-order valence-corrected chi connectivity index (χ2v) is 6.16. The maximum absolute atomic E-state index is 12.3. The minimum Gasteiger partial charge on any atom is -0.496 e. The lowest BCUT2D eigenvalue weighted by Gasteiger charge is -2.08. The first-order valence-corrected chi connectivity index (χ1v) is 8.99. The lowest BCUT2D eigenvalue weighted by atomic mass is 10.0. The van der Waals surface area contributed by atoms with E-state index >= 15 is 0 Å². The van der Waals surface area contributed by atoms with Crippen LogP contribution in [0.25, 0.3) is 0 Å². The molecule has 0 aromatic heterocycles. The zero-order valence-corrected chi connectivity index (χ0v) is 15.5. The first-order chi connectivity index (χ1) is 12.7. The molecule has 0 saturated heterocycles. The summed E-state index contributed by atoms with van der Waals surface area (Å²) in [5.74, 6) is 1.46. The summed E-state index contributed by atoms with van der Waals surface area (Å²) in [6.07, 6.45) is 4.50. The van der Waals surface area contributed by atoms with E-state index in [4.69, 9.17) is 9.47 Å². The van der Waals surface area contributed by atoms with Crippen molar-refractivity contribution in [2.75, 3.05) is 14.2 Å². The summed E-state index contributed by atoms with van der Waals surface area (Å²) in [5.41, 5.74) is 1.28. The molecule has 4 heteroatoms. The van der Waals surface area contributed by atoms with Gasteiger partial charge in [0.1, 0.15) is 11.5 Å². The van der Waals surface area contributed by atoms with Gasteiger partial charge in [-0.2, -0.15) is 0 Å². The molecule has 0 unspecified atom stereocenters. The summed E-state index contributed by atoms with van der Waals surface area (Å²) in [5, 5.41) is 0. The molecule has 0 aliphatic rings. The van der Waals surface area contributed by atoms with Gasteiger partial charge in [-0.3, -0.25) is 9.59 Å². The van der Waals surface area contributed by atoms with Crippen molar-refractivity contribution in [3.05, 3.63) is 59.7 Å². The van der Waals surface area contributed by atoms with Gasteiger partial charge in [-0.1, -0.05) is 37.1 Å². The lowest BCUT2D eigenvalue weighted by Crippen LogP contribution is -2.03. The summed E-state index contributed by atoms with van der Waals surface area (Å²) in [6.45, 7) is 0. The van der Waals surface area contributed by atoms with Gasteiger partial charge in [0.25, 0.3) is 0 Å². The fourth-order valence-corrected chi connectivity index (χ4v) is 2.94. The van der Waals surface area contributed by atoms with Crippen LogP contribution in [-0.4, -0.2) is 25.8 Å². The molecule has 2 aromatic carbocycles. The maximum Gasteiger partial charge on any atom is 0.166 e. The number of methoxy groups -OCH3 is 2. The van der Waals surface area contributed by atoms with Gasteiger partial charge in [-0.25, -0.2) is 0 Å². The first kappa shape index (κ1) is 19.7. The molecule has 0 N–H and O–H groups in total. The Morgan fingerprint density at radius 3 is 1.42 bits per heavy atom. The topological polar surface area (TPSA) is 52.6 Å². The van der Waals surface area contributed by atoms with E-state index in [0.29, 0.717) is 35.5 Å². The van der Waals surface area contributed by atoms with Gasteiger partial charge >= 0.3 is 0 Å². The number of ether oxygens (including phenoxy) is 2. The van der Waals surface area contributed by atoms with Crippen molar-refractivity contribution in [1.82, 2.24) is 0 Å². The van der Waals surface area contributed by atoms with Crippen LogP contribution in [0, 0.1) is 0 Å². The van der Waals surface area contributed by atoms with Gasteiger partial charge in [-0.05, 0) is 37.1 Å². The van der Waals surface area contributed by atoms with Crippen LogP contribution in [0.5, 0.6) is 11.5 Å². The number of hydrogen-bond donors (Lipinski definition) is 0. The largest absolute Gasteiger partial charge is 0.496 e. The second kappa shape index (κ2) is 10.4. The highest BCUT2D eigenvalue weighted by atomic mass is 16.5. The number of Topliss-reactive ketones (excluding diaryl/α,β-unsaturated/α-hetero) is 2. The highest BCUT2D eigenvalue weighted by molar-refractivity contribution is 5.99. The Hall–Kier alpha value is -2.62. The zero-order chi connectivity index (χ0) is 18.8. The number of carbonyl (C=O) groups excluding carboxylic acids is 2. The van der Waals surface area contributed by atoms with Gasteiger partial charge in [0, 0.05) is 12.8 Å². The van der Waals surface area contributed by atoms with Gasteiger partial charge in [0.2, 0.25) is 0 Å². The Morgan fingerprint density at radius 2 is 1.04 bits per heavy atom. The molecule has 138 valence electrons. The molecule has 0 spiro atoms. The number of benzene rings is 2. The molecule has 0 amide bonds. The van der Waals surface area contributed by atoms with Crippen LogP contribution in [0.15, 0.2) is 48.5 Å². The number of carbonyl (C=O) groups is 2. The smallest absolute Gasteiger partial charge is 0.166 e. The molecule has 26 heavy (non-hydrogen) atoms. The van der Waals surface area contributed by atoms with Crippen LogP contribution in [0.4, 0.5) is 0 Å². The van der Waals surface area contributed by atoms with Gasteiger partial charge < -0.3 is 9.47 Å². The molecule has 0 heterocycles. The molecule has 2 aromatic rings. The SMILES string of the molecule is COc1ccccc1C(=O)CCCCCCC(=O)c1ccccc1OC. The van der Waals surface area contributed by atoms with Crippen molar-refractivity contribution >= 4 is 11.6 Å². The van der Waals surface area contributed by atoms with Crippen molar-refractivity contribution < 1.29 is 19.1 Å². The average Bonchev–Trinajstić information content (AvgIpc) is 2.70. The van der Waals surface area contributed by atoms with Crippen molar-refractivity contribution in [1.29, 1.82) is 0 Å². The van der Waals surface area contributed by atoms with Crippen molar-refractivity contribution in [3.63, 3.8) is 0 Å². The number of unbranched alkanes of at least 4 members (excludes halogenated alkanes) is 3. The van der Waals surface area contributed by atoms with Gasteiger partial charge in [0.05, 0.1) is 25.3 Å².